The predicted molar refractivity (Wildman–Crippen MR) is 49.6 cm³/mol. The first-order chi connectivity index (χ1) is 5.93. The van der Waals surface area contributed by atoms with Crippen molar-refractivity contribution in [1.29, 1.82) is 0 Å². The van der Waals surface area contributed by atoms with Gasteiger partial charge in [0.05, 0.1) is 1.37 Å². The van der Waals surface area contributed by atoms with Crippen molar-refractivity contribution in [3.63, 3.8) is 0 Å². The van der Waals surface area contributed by atoms with Crippen LogP contribution in [-0.4, -0.2) is 13.1 Å². The van der Waals surface area contributed by atoms with Crippen LogP contribution in [0.3, 0.4) is 0 Å². The summed E-state index contributed by atoms with van der Waals surface area (Å²) in [5.41, 5.74) is 0. The van der Waals surface area contributed by atoms with Crippen molar-refractivity contribution in [2.45, 2.75) is 32.1 Å². The Balaban J connectivity index is 1.76. The molecule has 0 aromatic heterocycles. The van der Waals surface area contributed by atoms with Gasteiger partial charge in [-0.05, 0) is 44.7 Å². The summed E-state index contributed by atoms with van der Waals surface area (Å²) < 4.78 is 6.79. The minimum Gasteiger partial charge on any atom is -0.316 e. The summed E-state index contributed by atoms with van der Waals surface area (Å²) in [6, 6.07) is 0. The normalized spacial score (nSPS) is 20.2. The molecule has 1 rings (SSSR count). The first-order valence-corrected chi connectivity index (χ1v) is 4.67. The van der Waals surface area contributed by atoms with Crippen LogP contribution in [0.2, 0.25) is 0 Å². The third-order valence-electron chi connectivity index (χ3n) is 2.38. The number of rotatable bonds is 6. The van der Waals surface area contributed by atoms with E-state index >= 15 is 0 Å². The zero-order chi connectivity index (χ0) is 8.65. The van der Waals surface area contributed by atoms with Gasteiger partial charge in [-0.1, -0.05) is 12.5 Å². The van der Waals surface area contributed by atoms with Gasteiger partial charge in [0.2, 0.25) is 0 Å². The average molecular weight is 154 g/mol. The highest BCUT2D eigenvalue weighted by molar-refractivity contribution is 4.72. The zero-order valence-electron chi connectivity index (χ0n) is 8.18. The van der Waals surface area contributed by atoms with Gasteiger partial charge in [-0.25, -0.2) is 0 Å². The molecule has 0 heterocycles. The van der Waals surface area contributed by atoms with E-state index in [1.807, 2.05) is 6.08 Å². The predicted octanol–water partition coefficient (Wildman–Crippen LogP) is 2.34. The van der Waals surface area contributed by atoms with Crippen LogP contribution in [0.4, 0.5) is 0 Å². The van der Waals surface area contributed by atoms with Crippen LogP contribution in [-0.2, 0) is 0 Å². The quantitative estimate of drug-likeness (QED) is 0.457. The van der Waals surface area contributed by atoms with Gasteiger partial charge in [-0.15, -0.1) is 6.55 Å². The average Bonchev–Trinajstić information content (AvgIpc) is 2.00. The molecule has 0 amide bonds. The number of hydrogen-bond donors (Lipinski definition) is 1. The van der Waals surface area contributed by atoms with Crippen LogP contribution in [0.15, 0.2) is 12.6 Å². The third kappa shape index (κ3) is 3.57. The van der Waals surface area contributed by atoms with Crippen LogP contribution in [0, 0.1) is 5.92 Å². The largest absolute Gasteiger partial charge is 0.316 e. The molecule has 0 radical (unpaired) electrons. The van der Waals surface area contributed by atoms with Gasteiger partial charge in [0, 0.05) is 0 Å². The van der Waals surface area contributed by atoms with Gasteiger partial charge >= 0.3 is 0 Å². The van der Waals surface area contributed by atoms with Crippen LogP contribution < -0.4 is 5.32 Å². The highest BCUT2D eigenvalue weighted by Gasteiger charge is 2.15. The topological polar surface area (TPSA) is 12.0 Å². The molecule has 0 aromatic rings. The van der Waals surface area contributed by atoms with Crippen LogP contribution in [0.25, 0.3) is 0 Å². The third-order valence-corrected chi connectivity index (χ3v) is 2.38. The van der Waals surface area contributed by atoms with Crippen molar-refractivity contribution in [1.82, 2.24) is 5.32 Å². The fraction of sp³-hybridized carbons (Fsp3) is 0.800. The molecule has 0 atom stereocenters. The summed E-state index contributed by atoms with van der Waals surface area (Å²) in [6.07, 6.45) is 8.42. The van der Waals surface area contributed by atoms with E-state index in [-0.39, 0.29) is 0 Å². The van der Waals surface area contributed by atoms with Crippen molar-refractivity contribution >= 4 is 0 Å². The second-order valence-electron chi connectivity index (χ2n) is 3.38. The Morgan fingerprint density at radius 1 is 1.64 bits per heavy atom. The maximum atomic E-state index is 6.79. The molecular formula is C10H19N. The Labute approximate surface area is 71.3 Å². The molecule has 1 N–H and O–H groups in total. The van der Waals surface area contributed by atoms with E-state index in [0.29, 0.717) is 0 Å². The fourth-order valence-electron chi connectivity index (χ4n) is 1.35. The van der Waals surface area contributed by atoms with Crippen molar-refractivity contribution in [3.05, 3.63) is 12.6 Å². The Kier molecular flexibility index (Phi) is 3.59. The SMILES string of the molecule is [2H]/C=C/CCCNCC1CCC1. The first kappa shape index (κ1) is 7.35. The van der Waals surface area contributed by atoms with Gasteiger partial charge in [0.1, 0.15) is 0 Å². The summed E-state index contributed by atoms with van der Waals surface area (Å²) in [4.78, 5) is 0. The molecule has 1 heteroatoms. The maximum absolute atomic E-state index is 6.79. The molecule has 1 fully saturated rings. The van der Waals surface area contributed by atoms with E-state index in [1.165, 1.54) is 38.8 Å². The summed E-state index contributed by atoms with van der Waals surface area (Å²) in [7, 11) is 0. The highest BCUT2D eigenvalue weighted by Crippen LogP contribution is 2.24. The molecule has 1 aliphatic rings. The number of allylic oxidation sites excluding steroid dienone is 1. The van der Waals surface area contributed by atoms with E-state index < -0.39 is 0 Å². The van der Waals surface area contributed by atoms with Crippen molar-refractivity contribution in [3.8, 4) is 0 Å². The van der Waals surface area contributed by atoms with Gasteiger partial charge < -0.3 is 5.32 Å². The van der Waals surface area contributed by atoms with Crippen molar-refractivity contribution < 1.29 is 1.37 Å². The Morgan fingerprint density at radius 3 is 3.18 bits per heavy atom. The minimum absolute atomic E-state index is 0.969. The highest BCUT2D eigenvalue weighted by atomic mass is 14.9. The summed E-state index contributed by atoms with van der Waals surface area (Å²) in [5.74, 6) is 0.969. The molecule has 0 saturated heterocycles. The first-order valence-electron chi connectivity index (χ1n) is 5.25. The van der Waals surface area contributed by atoms with Gasteiger partial charge in [0.15, 0.2) is 0 Å². The molecule has 0 aliphatic heterocycles. The number of unbranched alkanes of at least 4 members (excludes halogenated alkanes) is 1. The van der Waals surface area contributed by atoms with E-state index in [9.17, 15) is 0 Å². The molecule has 1 aliphatic carbocycles. The van der Waals surface area contributed by atoms with Crippen molar-refractivity contribution in [2.24, 2.45) is 5.92 Å². The summed E-state index contributed by atoms with van der Waals surface area (Å²) in [6.45, 7) is 3.71. The van der Waals surface area contributed by atoms with Crippen LogP contribution >= 0.6 is 0 Å². The molecule has 0 unspecified atom stereocenters. The molecular weight excluding hydrogens is 134 g/mol. The Morgan fingerprint density at radius 2 is 2.55 bits per heavy atom. The van der Waals surface area contributed by atoms with E-state index in [4.69, 9.17) is 1.37 Å². The summed E-state index contributed by atoms with van der Waals surface area (Å²) in [5, 5.41) is 3.45. The monoisotopic (exact) mass is 154 g/mol. The standard InChI is InChI=1S/C10H19N/c1-2-3-4-8-11-9-10-6-5-7-10/h2,10-11H,1,3-9H2/i1D/b2-1+. The van der Waals surface area contributed by atoms with Gasteiger partial charge in [0.25, 0.3) is 0 Å². The minimum atomic E-state index is 0.969. The molecule has 1 nitrogen and oxygen atoms in total. The lowest BCUT2D eigenvalue weighted by Gasteiger charge is -2.25. The Hall–Kier alpha value is -0.300. The van der Waals surface area contributed by atoms with Crippen LogP contribution in [0.1, 0.15) is 33.5 Å². The van der Waals surface area contributed by atoms with E-state index in [1.54, 1.807) is 0 Å². The second-order valence-corrected chi connectivity index (χ2v) is 3.38. The molecule has 0 bridgehead atoms. The smallest absolute Gasteiger partial charge is 0.0534 e. The number of nitrogens with one attached hydrogen (secondary N) is 1. The van der Waals surface area contributed by atoms with E-state index in [2.05, 4.69) is 5.32 Å². The van der Waals surface area contributed by atoms with Gasteiger partial charge in [-0.2, -0.15) is 0 Å². The lowest BCUT2D eigenvalue weighted by atomic mass is 9.85. The van der Waals surface area contributed by atoms with Crippen LogP contribution in [0.5, 0.6) is 0 Å². The lowest BCUT2D eigenvalue weighted by Crippen LogP contribution is -2.27. The van der Waals surface area contributed by atoms with Crippen molar-refractivity contribution in [2.75, 3.05) is 13.1 Å². The van der Waals surface area contributed by atoms with Gasteiger partial charge in [-0.3, -0.25) is 0 Å². The molecule has 11 heavy (non-hydrogen) atoms. The Bertz CT molecular complexity index is 130. The lowest BCUT2D eigenvalue weighted by molar-refractivity contribution is 0.302. The second kappa shape index (κ2) is 5.36. The fourth-order valence-corrected chi connectivity index (χ4v) is 1.35. The molecule has 1 saturated carbocycles. The summed E-state index contributed by atoms with van der Waals surface area (Å²) >= 11 is 0. The molecule has 0 spiro atoms. The molecule has 64 valence electrons. The van der Waals surface area contributed by atoms with E-state index in [0.717, 1.165) is 18.9 Å². The maximum Gasteiger partial charge on any atom is 0.0534 e. The number of hydrogen-bond acceptors (Lipinski definition) is 1. The molecule has 0 aromatic carbocycles. The zero-order valence-corrected chi connectivity index (χ0v) is 7.18.